The van der Waals surface area contributed by atoms with Gasteiger partial charge in [-0.25, -0.2) is 8.42 Å². The molecule has 0 aliphatic carbocycles. The van der Waals surface area contributed by atoms with E-state index in [0.717, 1.165) is 26.2 Å². The number of β-amino-alcohol motifs (C(OH)–C–C–N with tert-alkyl or cyclic N) is 1. The van der Waals surface area contributed by atoms with Crippen molar-refractivity contribution in [1.82, 2.24) is 4.90 Å². The van der Waals surface area contributed by atoms with Crippen molar-refractivity contribution in [1.29, 1.82) is 0 Å². The summed E-state index contributed by atoms with van der Waals surface area (Å²) in [6.07, 6.45) is 22.6. The highest BCUT2D eigenvalue weighted by molar-refractivity contribution is 7.80. The maximum atomic E-state index is 9.45. The van der Waals surface area contributed by atoms with E-state index in [1.807, 2.05) is 0 Å². The normalized spacial score (nSPS) is 14.0. The van der Waals surface area contributed by atoms with Gasteiger partial charge in [-0.05, 0) is 20.3 Å². The molecule has 34 heavy (non-hydrogen) atoms. The van der Waals surface area contributed by atoms with Gasteiger partial charge < -0.3 is 9.66 Å². The molecule has 1 heterocycles. The lowest BCUT2D eigenvalue weighted by Gasteiger charge is -2.11. The molecule has 0 aromatic rings. The summed E-state index contributed by atoms with van der Waals surface area (Å²) in [5.74, 6) is 1.49. The van der Waals surface area contributed by atoms with Crippen LogP contribution in [-0.2, 0) is 14.6 Å². The molecule has 0 saturated carbocycles. The summed E-state index contributed by atoms with van der Waals surface area (Å²) in [6, 6.07) is 0. The van der Waals surface area contributed by atoms with Crippen LogP contribution in [0.1, 0.15) is 124 Å². The largest absolute Gasteiger partial charge is 0.726 e. The van der Waals surface area contributed by atoms with Gasteiger partial charge in [-0.15, -0.1) is 0 Å². The van der Waals surface area contributed by atoms with Crippen LogP contribution < -0.4 is 0 Å². The Bertz CT molecular complexity index is 596. The van der Waals surface area contributed by atoms with Gasteiger partial charge in [0.05, 0.1) is 19.8 Å². The summed E-state index contributed by atoms with van der Waals surface area (Å²) in [5.41, 5.74) is 0. The summed E-state index contributed by atoms with van der Waals surface area (Å²) >= 11 is 0. The van der Waals surface area contributed by atoms with E-state index in [2.05, 4.69) is 27.5 Å². The van der Waals surface area contributed by atoms with Gasteiger partial charge >= 0.3 is 0 Å². The standard InChI is InChI=1S/C24H49N2O.C2H6O4S/c1-3-5-6-7-8-9-10-11-12-13-14-15-16-17-18-19-24-25(4-2)20-21-26(24)22-23-27;1-2-6-7(3,4)5/h27H,3-23H2,1-2H3;2H2,1H3,(H,3,4,5)/q+1;/p-1. The average molecular weight is 507 g/mol. The van der Waals surface area contributed by atoms with Crippen molar-refractivity contribution >= 4 is 16.2 Å². The highest BCUT2D eigenvalue weighted by Gasteiger charge is 2.27. The van der Waals surface area contributed by atoms with Crippen LogP contribution in [0.2, 0.25) is 0 Å². The first kappa shape index (κ1) is 33.3. The molecule has 1 aliphatic rings. The maximum Gasteiger partial charge on any atom is 0.247 e. The van der Waals surface area contributed by atoms with Crippen LogP contribution in [0.15, 0.2) is 0 Å². The molecule has 0 spiro atoms. The molecule has 0 aromatic heterocycles. The molecule has 0 atom stereocenters. The van der Waals surface area contributed by atoms with Gasteiger partial charge in [0.15, 0.2) is 0 Å². The number of aliphatic hydroxyl groups excluding tert-OH is 1. The Balaban J connectivity index is 0.00000135. The number of nitrogens with zero attached hydrogens (tertiary/aromatic N) is 2. The smallest absolute Gasteiger partial charge is 0.247 e. The van der Waals surface area contributed by atoms with Crippen LogP contribution >= 0.6 is 0 Å². The molecule has 1 aliphatic heterocycles. The Morgan fingerprint density at radius 1 is 0.853 bits per heavy atom. The molecule has 0 radical (unpaired) electrons. The summed E-state index contributed by atoms with van der Waals surface area (Å²) < 4.78 is 34.4. The number of hydrogen-bond acceptors (Lipinski definition) is 6. The summed E-state index contributed by atoms with van der Waals surface area (Å²) in [7, 11) is -4.42. The van der Waals surface area contributed by atoms with Crippen molar-refractivity contribution < 1.29 is 26.8 Å². The Labute approximate surface area is 210 Å². The lowest BCUT2D eigenvalue weighted by Crippen LogP contribution is -2.30. The maximum absolute atomic E-state index is 9.45. The van der Waals surface area contributed by atoms with E-state index < -0.39 is 10.4 Å². The van der Waals surface area contributed by atoms with E-state index in [9.17, 15) is 18.1 Å². The topological polar surface area (TPSA) is 92.9 Å². The van der Waals surface area contributed by atoms with Gasteiger partial charge in [-0.3, -0.25) is 13.7 Å². The fourth-order valence-corrected chi connectivity index (χ4v) is 4.81. The van der Waals surface area contributed by atoms with Crippen LogP contribution in [0.3, 0.4) is 0 Å². The Morgan fingerprint density at radius 3 is 1.68 bits per heavy atom. The summed E-state index contributed by atoms with van der Waals surface area (Å²) in [6.45, 7) is 10.3. The summed E-state index contributed by atoms with van der Waals surface area (Å²) in [4.78, 5) is 2.50. The average Bonchev–Trinajstić information content (AvgIpc) is 3.18. The number of unbranched alkanes of at least 4 members (excludes halogenated alkanes) is 14. The number of amidine groups is 1. The Kier molecular flexibility index (Phi) is 22.3. The van der Waals surface area contributed by atoms with E-state index in [0.29, 0.717) is 0 Å². The fourth-order valence-electron chi connectivity index (χ4n) is 4.52. The van der Waals surface area contributed by atoms with Crippen LogP contribution in [0, 0.1) is 0 Å². The van der Waals surface area contributed by atoms with Gasteiger partial charge in [-0.2, -0.15) is 0 Å². The monoisotopic (exact) mass is 506 g/mol. The fraction of sp³-hybridized carbons (Fsp3) is 0.962. The van der Waals surface area contributed by atoms with Crippen LogP contribution in [0.4, 0.5) is 0 Å². The third-order valence-electron chi connectivity index (χ3n) is 6.39. The lowest BCUT2D eigenvalue weighted by molar-refractivity contribution is -0.521. The SMILES string of the molecule is CCCCCCCCCCCCCCCCCC1=[N+](CCO)CCN1CC.CCOS(=O)(=O)[O-]. The molecule has 1 rings (SSSR count). The van der Waals surface area contributed by atoms with Crippen molar-refractivity contribution in [2.24, 2.45) is 0 Å². The minimum absolute atomic E-state index is 0.0914. The van der Waals surface area contributed by atoms with Crippen LogP contribution in [0.5, 0.6) is 0 Å². The van der Waals surface area contributed by atoms with Gasteiger partial charge in [0, 0.05) is 6.42 Å². The summed E-state index contributed by atoms with van der Waals surface area (Å²) in [5, 5.41) is 9.23. The number of aliphatic hydroxyl groups is 1. The Morgan fingerprint density at radius 2 is 1.32 bits per heavy atom. The van der Waals surface area contributed by atoms with E-state index in [1.54, 1.807) is 0 Å². The number of hydrogen-bond donors (Lipinski definition) is 1. The minimum atomic E-state index is -4.42. The molecule has 0 unspecified atom stereocenters. The second kappa shape index (κ2) is 22.7. The molecule has 0 bridgehead atoms. The molecule has 7 nitrogen and oxygen atoms in total. The zero-order valence-electron chi connectivity index (χ0n) is 22.4. The number of rotatable bonds is 21. The lowest BCUT2D eigenvalue weighted by atomic mass is 10.0. The molecule has 8 heteroatoms. The van der Waals surface area contributed by atoms with Gasteiger partial charge in [0.25, 0.3) is 0 Å². The minimum Gasteiger partial charge on any atom is -0.726 e. The molecule has 0 saturated heterocycles. The highest BCUT2D eigenvalue weighted by Crippen LogP contribution is 2.15. The zero-order valence-corrected chi connectivity index (χ0v) is 23.3. The van der Waals surface area contributed by atoms with Gasteiger partial charge in [0.1, 0.15) is 19.6 Å². The second-order valence-electron chi connectivity index (χ2n) is 9.22. The molecule has 0 fully saturated rings. The third-order valence-corrected chi connectivity index (χ3v) is 6.91. The number of likely N-dealkylation sites (N-methyl/N-ethyl adjacent to an activating group) is 1. The van der Waals surface area contributed by atoms with E-state index in [4.69, 9.17) is 0 Å². The van der Waals surface area contributed by atoms with Crippen molar-refractivity contribution in [3.63, 3.8) is 0 Å². The van der Waals surface area contributed by atoms with Crippen LogP contribution in [0.25, 0.3) is 0 Å². The predicted molar refractivity (Wildman–Crippen MR) is 140 cm³/mol. The van der Waals surface area contributed by atoms with E-state index >= 15 is 0 Å². The van der Waals surface area contributed by atoms with Gasteiger partial charge in [-0.1, -0.05) is 96.8 Å². The van der Waals surface area contributed by atoms with Crippen molar-refractivity contribution in [3.05, 3.63) is 0 Å². The second-order valence-corrected chi connectivity index (χ2v) is 10.3. The Hall–Kier alpha value is -0.700. The zero-order chi connectivity index (χ0) is 25.5. The molecular weight excluding hydrogens is 452 g/mol. The predicted octanol–water partition coefficient (Wildman–Crippen LogP) is 5.47. The van der Waals surface area contributed by atoms with Crippen LogP contribution in [-0.4, -0.2) is 72.8 Å². The van der Waals surface area contributed by atoms with Crippen molar-refractivity contribution in [2.75, 3.05) is 39.4 Å². The third kappa shape index (κ3) is 19.6. The molecule has 0 amide bonds. The molecular formula is C26H54N2O5S. The first-order valence-electron chi connectivity index (χ1n) is 14.0. The molecule has 204 valence electrons. The highest BCUT2D eigenvalue weighted by atomic mass is 32.3. The van der Waals surface area contributed by atoms with Gasteiger partial charge in [0.2, 0.25) is 16.2 Å². The van der Waals surface area contributed by atoms with Crippen molar-refractivity contribution in [3.8, 4) is 0 Å². The molecule has 1 N–H and O–H groups in total. The quantitative estimate of drug-likeness (QED) is 0.0960. The molecule has 0 aromatic carbocycles. The van der Waals surface area contributed by atoms with E-state index in [-0.39, 0.29) is 13.2 Å². The first-order chi connectivity index (χ1) is 16.4. The van der Waals surface area contributed by atoms with Crippen molar-refractivity contribution in [2.45, 2.75) is 124 Å². The van der Waals surface area contributed by atoms with E-state index in [1.165, 1.54) is 115 Å². The first-order valence-corrected chi connectivity index (χ1v) is 15.3.